The number of benzene rings is 2. The highest BCUT2D eigenvalue weighted by atomic mass is 32.2. The Balaban J connectivity index is 1.80. The zero-order valence-corrected chi connectivity index (χ0v) is 17.5. The van der Waals surface area contributed by atoms with Crippen LogP contribution in [0.15, 0.2) is 59.6 Å². The molecule has 0 amide bonds. The summed E-state index contributed by atoms with van der Waals surface area (Å²) >= 11 is 0. The Morgan fingerprint density at radius 2 is 1.68 bits per heavy atom. The molecule has 0 unspecified atom stereocenters. The number of aryl methyl sites for hydroxylation is 1. The second-order valence-corrected chi connectivity index (χ2v) is 8.41. The average Bonchev–Trinajstić information content (AvgIpc) is 3.05. The number of alkyl halides is 3. The van der Waals surface area contributed by atoms with E-state index < -0.39 is 21.8 Å². The second-order valence-electron chi connectivity index (χ2n) is 6.85. The van der Waals surface area contributed by atoms with E-state index in [1.165, 1.54) is 24.3 Å². The first-order valence-corrected chi connectivity index (χ1v) is 10.5. The molecule has 6 nitrogen and oxygen atoms in total. The van der Waals surface area contributed by atoms with E-state index in [1.807, 2.05) is 0 Å². The second kappa shape index (κ2) is 8.45. The van der Waals surface area contributed by atoms with Crippen LogP contribution in [0.25, 0.3) is 0 Å². The monoisotopic (exact) mass is 448 g/mol. The summed E-state index contributed by atoms with van der Waals surface area (Å²) in [6, 6.07) is 10.8. The van der Waals surface area contributed by atoms with Gasteiger partial charge in [0.05, 0.1) is 34.5 Å². The Kier molecular flexibility index (Phi) is 6.10. The Labute approximate surface area is 178 Å². The standard InChI is InChI=1S/C21H19F3N4O2S/c1-27(18-9-7-17(8-10-18)21(22,23)24)14-20-16(13-26-28(20)2)6-3-15-4-11-19(12-5-15)31(25,29)30/h4-5,7-13H,14H2,1-2H3,(H2,25,29,30). The van der Waals surface area contributed by atoms with E-state index in [-0.39, 0.29) is 4.90 Å². The Bertz CT molecular complexity index is 1240. The zero-order chi connectivity index (χ0) is 22.8. The van der Waals surface area contributed by atoms with Crippen molar-refractivity contribution in [3.8, 4) is 11.8 Å². The molecule has 0 bridgehead atoms. The summed E-state index contributed by atoms with van der Waals surface area (Å²) in [4.78, 5) is 1.79. The fraction of sp³-hybridized carbons (Fsp3) is 0.190. The van der Waals surface area contributed by atoms with Gasteiger partial charge < -0.3 is 4.90 Å². The smallest absolute Gasteiger partial charge is 0.369 e. The van der Waals surface area contributed by atoms with E-state index in [4.69, 9.17) is 5.14 Å². The number of hydrogen-bond donors (Lipinski definition) is 1. The predicted octanol–water partition coefficient (Wildman–Crippen LogP) is 3.12. The van der Waals surface area contributed by atoms with Gasteiger partial charge in [0.15, 0.2) is 0 Å². The maximum Gasteiger partial charge on any atom is 0.416 e. The molecule has 1 aromatic heterocycles. The molecule has 0 saturated heterocycles. The molecule has 10 heteroatoms. The normalized spacial score (nSPS) is 11.7. The van der Waals surface area contributed by atoms with Crippen LogP contribution < -0.4 is 10.0 Å². The lowest BCUT2D eigenvalue weighted by molar-refractivity contribution is -0.137. The molecule has 3 rings (SSSR count). The van der Waals surface area contributed by atoms with E-state index in [2.05, 4.69) is 16.9 Å². The van der Waals surface area contributed by atoms with Crippen molar-refractivity contribution in [3.63, 3.8) is 0 Å². The number of hydrogen-bond acceptors (Lipinski definition) is 4. The van der Waals surface area contributed by atoms with Gasteiger partial charge in [-0.1, -0.05) is 11.8 Å². The van der Waals surface area contributed by atoms with Crippen molar-refractivity contribution in [2.45, 2.75) is 17.6 Å². The lowest BCUT2D eigenvalue weighted by atomic mass is 10.1. The van der Waals surface area contributed by atoms with E-state index in [1.54, 1.807) is 42.0 Å². The van der Waals surface area contributed by atoms with Gasteiger partial charge in [0.25, 0.3) is 0 Å². The number of nitrogens with two attached hydrogens (primary N) is 1. The molecule has 0 aliphatic rings. The summed E-state index contributed by atoms with van der Waals surface area (Å²) in [5, 5.41) is 9.29. The van der Waals surface area contributed by atoms with Gasteiger partial charge in [-0.3, -0.25) is 4.68 Å². The third-order valence-electron chi connectivity index (χ3n) is 4.61. The van der Waals surface area contributed by atoms with E-state index in [0.717, 1.165) is 17.8 Å². The molecular formula is C21H19F3N4O2S. The minimum atomic E-state index is -4.38. The number of primary sulfonamides is 1. The largest absolute Gasteiger partial charge is 0.416 e. The van der Waals surface area contributed by atoms with Gasteiger partial charge >= 0.3 is 6.18 Å². The van der Waals surface area contributed by atoms with Crippen LogP contribution in [0.1, 0.15) is 22.4 Å². The maximum absolute atomic E-state index is 12.8. The van der Waals surface area contributed by atoms with Crippen molar-refractivity contribution >= 4 is 15.7 Å². The van der Waals surface area contributed by atoms with Crippen molar-refractivity contribution in [1.29, 1.82) is 0 Å². The third kappa shape index (κ3) is 5.45. The molecule has 0 radical (unpaired) electrons. The molecule has 3 aromatic rings. The first-order valence-electron chi connectivity index (χ1n) is 8.99. The van der Waals surface area contributed by atoms with Crippen LogP contribution in [-0.4, -0.2) is 25.2 Å². The summed E-state index contributed by atoms with van der Waals surface area (Å²) in [5.74, 6) is 5.95. The molecule has 0 spiro atoms. The van der Waals surface area contributed by atoms with Crippen LogP contribution in [0.4, 0.5) is 18.9 Å². The topological polar surface area (TPSA) is 81.2 Å². The lowest BCUT2D eigenvalue weighted by Gasteiger charge is -2.20. The predicted molar refractivity (Wildman–Crippen MR) is 111 cm³/mol. The first-order chi connectivity index (χ1) is 14.4. The zero-order valence-electron chi connectivity index (χ0n) is 16.7. The molecule has 2 N–H and O–H groups in total. The maximum atomic E-state index is 12.8. The van der Waals surface area contributed by atoms with Crippen LogP contribution in [0, 0.1) is 11.8 Å². The molecule has 0 atom stereocenters. The molecule has 31 heavy (non-hydrogen) atoms. The molecule has 0 saturated carbocycles. The Morgan fingerprint density at radius 3 is 2.23 bits per heavy atom. The minimum Gasteiger partial charge on any atom is -0.369 e. The SMILES string of the molecule is CN(Cc1c(C#Cc2ccc(S(N)(=O)=O)cc2)cnn1C)c1ccc(C(F)(F)F)cc1. The summed E-state index contributed by atoms with van der Waals surface area (Å²) in [6.07, 6.45) is -2.78. The Morgan fingerprint density at radius 1 is 1.06 bits per heavy atom. The lowest BCUT2D eigenvalue weighted by Crippen LogP contribution is -2.19. The van der Waals surface area contributed by atoms with Crippen LogP contribution in [0.3, 0.4) is 0 Å². The summed E-state index contributed by atoms with van der Waals surface area (Å²) in [5.41, 5.74) is 1.93. The quantitative estimate of drug-likeness (QED) is 0.622. The number of rotatable bonds is 4. The van der Waals surface area contributed by atoms with Crippen LogP contribution in [-0.2, 0) is 29.8 Å². The molecule has 2 aromatic carbocycles. The van der Waals surface area contributed by atoms with E-state index >= 15 is 0 Å². The van der Waals surface area contributed by atoms with Gasteiger partial charge in [0, 0.05) is 25.3 Å². The molecule has 162 valence electrons. The van der Waals surface area contributed by atoms with Crippen LogP contribution in [0.5, 0.6) is 0 Å². The highest BCUT2D eigenvalue weighted by Gasteiger charge is 2.30. The molecule has 0 fully saturated rings. The fourth-order valence-electron chi connectivity index (χ4n) is 2.84. The number of nitrogens with zero attached hydrogens (tertiary/aromatic N) is 3. The number of halogens is 3. The molecule has 1 heterocycles. The highest BCUT2D eigenvalue weighted by Crippen LogP contribution is 2.30. The molecule has 0 aliphatic carbocycles. The van der Waals surface area contributed by atoms with Crippen molar-refractivity contribution in [2.24, 2.45) is 12.2 Å². The van der Waals surface area contributed by atoms with Crippen molar-refractivity contribution in [1.82, 2.24) is 9.78 Å². The van der Waals surface area contributed by atoms with Gasteiger partial charge in [0.1, 0.15) is 0 Å². The molecular weight excluding hydrogens is 429 g/mol. The Hall–Kier alpha value is -3.29. The van der Waals surface area contributed by atoms with Crippen LogP contribution in [0.2, 0.25) is 0 Å². The van der Waals surface area contributed by atoms with E-state index in [9.17, 15) is 21.6 Å². The van der Waals surface area contributed by atoms with Gasteiger partial charge in [-0.25, -0.2) is 13.6 Å². The van der Waals surface area contributed by atoms with Crippen LogP contribution >= 0.6 is 0 Å². The van der Waals surface area contributed by atoms with E-state index in [0.29, 0.717) is 23.4 Å². The number of anilines is 1. The van der Waals surface area contributed by atoms with Crippen molar-refractivity contribution < 1.29 is 21.6 Å². The van der Waals surface area contributed by atoms with Gasteiger partial charge in [0.2, 0.25) is 10.0 Å². The minimum absolute atomic E-state index is 0.00159. The van der Waals surface area contributed by atoms with Crippen molar-refractivity contribution in [3.05, 3.63) is 77.1 Å². The van der Waals surface area contributed by atoms with Gasteiger partial charge in [-0.15, -0.1) is 0 Å². The average molecular weight is 448 g/mol. The highest BCUT2D eigenvalue weighted by molar-refractivity contribution is 7.89. The van der Waals surface area contributed by atoms with Gasteiger partial charge in [-0.2, -0.15) is 18.3 Å². The summed E-state index contributed by atoms with van der Waals surface area (Å²) in [6.45, 7) is 0.371. The van der Waals surface area contributed by atoms with Crippen molar-refractivity contribution in [2.75, 3.05) is 11.9 Å². The number of sulfonamides is 1. The fourth-order valence-corrected chi connectivity index (χ4v) is 3.36. The molecule has 0 aliphatic heterocycles. The summed E-state index contributed by atoms with van der Waals surface area (Å²) in [7, 11) is -0.256. The third-order valence-corrected chi connectivity index (χ3v) is 5.54. The number of aromatic nitrogens is 2. The first kappa shape index (κ1) is 22.4. The summed E-state index contributed by atoms with van der Waals surface area (Å²) < 4.78 is 62.6. The van der Waals surface area contributed by atoms with Gasteiger partial charge in [-0.05, 0) is 48.5 Å².